The Morgan fingerprint density at radius 2 is 1.94 bits per heavy atom. The topological polar surface area (TPSA) is 92.4 Å². The number of carbonyl (C=O) groups is 2. The zero-order valence-electron chi connectivity index (χ0n) is 10.7. The van der Waals surface area contributed by atoms with Crippen molar-refractivity contribution in [3.05, 3.63) is 29.3 Å². The van der Waals surface area contributed by atoms with Crippen molar-refractivity contribution in [2.24, 2.45) is 11.7 Å². The van der Waals surface area contributed by atoms with Gasteiger partial charge in [0.1, 0.15) is 11.8 Å². The van der Waals surface area contributed by atoms with E-state index in [-0.39, 0.29) is 11.7 Å². The van der Waals surface area contributed by atoms with Crippen LogP contribution < -0.4 is 11.1 Å². The van der Waals surface area contributed by atoms with Gasteiger partial charge in [-0.3, -0.25) is 9.59 Å². The van der Waals surface area contributed by atoms with Crippen molar-refractivity contribution in [3.63, 3.8) is 0 Å². The van der Waals surface area contributed by atoms with Gasteiger partial charge in [0.25, 0.3) is 5.91 Å². The fourth-order valence-electron chi connectivity index (χ4n) is 1.65. The molecule has 0 saturated carbocycles. The highest BCUT2D eigenvalue weighted by Gasteiger charge is 2.23. The highest BCUT2D eigenvalue weighted by atomic mass is 16.3. The second kappa shape index (κ2) is 5.53. The molecule has 1 unspecified atom stereocenters. The molecular formula is C13H18N2O3. The molecule has 1 atom stereocenters. The maximum Gasteiger partial charge on any atom is 0.252 e. The predicted octanol–water partition coefficient (Wildman–Crippen LogP) is 0.940. The summed E-state index contributed by atoms with van der Waals surface area (Å²) >= 11 is 0. The number of phenols is 1. The van der Waals surface area contributed by atoms with Crippen LogP contribution in [0.25, 0.3) is 0 Å². The summed E-state index contributed by atoms with van der Waals surface area (Å²) in [4.78, 5) is 23.2. The molecule has 0 aliphatic carbocycles. The molecule has 0 fully saturated rings. The van der Waals surface area contributed by atoms with E-state index in [9.17, 15) is 14.7 Å². The van der Waals surface area contributed by atoms with Gasteiger partial charge in [0.15, 0.2) is 0 Å². The van der Waals surface area contributed by atoms with Crippen LogP contribution in [-0.2, 0) is 4.79 Å². The van der Waals surface area contributed by atoms with Crippen molar-refractivity contribution in [2.75, 3.05) is 0 Å². The van der Waals surface area contributed by atoms with Crippen LogP contribution in [0.2, 0.25) is 0 Å². The molecule has 0 aliphatic rings. The molecular weight excluding hydrogens is 232 g/mol. The summed E-state index contributed by atoms with van der Waals surface area (Å²) in [5.74, 6) is -1.04. The third kappa shape index (κ3) is 3.00. The van der Waals surface area contributed by atoms with Crippen molar-refractivity contribution in [3.8, 4) is 5.75 Å². The highest BCUT2D eigenvalue weighted by Crippen LogP contribution is 2.19. The number of nitrogens with two attached hydrogens (primary N) is 1. The Kier molecular flexibility index (Phi) is 4.31. The van der Waals surface area contributed by atoms with Gasteiger partial charge in [-0.15, -0.1) is 0 Å². The summed E-state index contributed by atoms with van der Waals surface area (Å²) in [6.07, 6.45) is 0. The number of amides is 2. The van der Waals surface area contributed by atoms with Gasteiger partial charge in [-0.1, -0.05) is 19.9 Å². The molecule has 98 valence electrons. The quantitative estimate of drug-likeness (QED) is 0.742. The molecule has 0 spiro atoms. The SMILES string of the molecule is Cc1c(O)cccc1C(=O)NC(C(N)=O)C(C)C. The maximum atomic E-state index is 12.0. The Morgan fingerprint density at radius 3 is 2.44 bits per heavy atom. The third-order valence-corrected chi connectivity index (χ3v) is 2.81. The lowest BCUT2D eigenvalue weighted by molar-refractivity contribution is -0.120. The summed E-state index contributed by atoms with van der Waals surface area (Å²) < 4.78 is 0. The molecule has 0 aromatic heterocycles. The minimum absolute atomic E-state index is 0.0443. The molecule has 18 heavy (non-hydrogen) atoms. The number of primary amides is 1. The second-order valence-electron chi connectivity index (χ2n) is 4.55. The van der Waals surface area contributed by atoms with E-state index in [0.717, 1.165) is 0 Å². The average molecular weight is 250 g/mol. The lowest BCUT2D eigenvalue weighted by Crippen LogP contribution is -2.47. The molecule has 1 aromatic carbocycles. The normalized spacial score (nSPS) is 12.2. The van der Waals surface area contributed by atoms with Gasteiger partial charge < -0.3 is 16.2 Å². The summed E-state index contributed by atoms with van der Waals surface area (Å²) in [5, 5.41) is 12.1. The molecule has 0 radical (unpaired) electrons. The van der Waals surface area contributed by atoms with E-state index in [0.29, 0.717) is 11.1 Å². The number of hydrogen-bond acceptors (Lipinski definition) is 3. The summed E-state index contributed by atoms with van der Waals surface area (Å²) in [5.41, 5.74) is 6.04. The smallest absolute Gasteiger partial charge is 0.252 e. The highest BCUT2D eigenvalue weighted by molar-refractivity contribution is 5.98. The Morgan fingerprint density at radius 1 is 1.33 bits per heavy atom. The van der Waals surface area contributed by atoms with E-state index in [1.54, 1.807) is 32.9 Å². The fraction of sp³-hybridized carbons (Fsp3) is 0.385. The number of nitrogens with one attached hydrogen (secondary N) is 1. The van der Waals surface area contributed by atoms with Crippen LogP contribution in [0, 0.1) is 12.8 Å². The number of benzene rings is 1. The number of aromatic hydroxyl groups is 1. The lowest BCUT2D eigenvalue weighted by atomic mass is 10.0. The Hall–Kier alpha value is -2.04. The van der Waals surface area contributed by atoms with Crippen LogP contribution in [0.15, 0.2) is 18.2 Å². The Bertz CT molecular complexity index is 469. The van der Waals surface area contributed by atoms with Crippen molar-refractivity contribution in [2.45, 2.75) is 26.8 Å². The Balaban J connectivity index is 2.94. The first-order valence-corrected chi connectivity index (χ1v) is 5.73. The fourth-order valence-corrected chi connectivity index (χ4v) is 1.65. The summed E-state index contributed by atoms with van der Waals surface area (Å²) in [7, 11) is 0. The van der Waals surface area contributed by atoms with Crippen molar-refractivity contribution in [1.29, 1.82) is 0 Å². The zero-order valence-corrected chi connectivity index (χ0v) is 10.7. The van der Waals surface area contributed by atoms with Gasteiger partial charge in [-0.2, -0.15) is 0 Å². The van der Waals surface area contributed by atoms with E-state index < -0.39 is 17.9 Å². The molecule has 5 nitrogen and oxygen atoms in total. The van der Waals surface area contributed by atoms with E-state index in [2.05, 4.69) is 5.32 Å². The van der Waals surface area contributed by atoms with Crippen molar-refractivity contribution < 1.29 is 14.7 Å². The third-order valence-electron chi connectivity index (χ3n) is 2.81. The monoisotopic (exact) mass is 250 g/mol. The number of phenolic OH excluding ortho intramolecular Hbond substituents is 1. The molecule has 4 N–H and O–H groups in total. The van der Waals surface area contributed by atoms with Crippen LogP contribution in [0.1, 0.15) is 29.8 Å². The van der Waals surface area contributed by atoms with Gasteiger partial charge >= 0.3 is 0 Å². The maximum absolute atomic E-state index is 12.0. The van der Waals surface area contributed by atoms with Crippen LogP contribution in [0.3, 0.4) is 0 Å². The van der Waals surface area contributed by atoms with Gasteiger partial charge in [0.05, 0.1) is 0 Å². The predicted molar refractivity (Wildman–Crippen MR) is 68.1 cm³/mol. The Labute approximate surface area is 106 Å². The van der Waals surface area contributed by atoms with Crippen LogP contribution in [0.5, 0.6) is 5.75 Å². The second-order valence-corrected chi connectivity index (χ2v) is 4.55. The van der Waals surface area contributed by atoms with E-state index >= 15 is 0 Å². The standard InChI is InChI=1S/C13H18N2O3/c1-7(2)11(12(14)17)15-13(18)9-5-4-6-10(16)8(9)3/h4-7,11,16H,1-3H3,(H2,14,17)(H,15,18). The van der Waals surface area contributed by atoms with Gasteiger partial charge in [0, 0.05) is 11.1 Å². The van der Waals surface area contributed by atoms with Crippen LogP contribution in [-0.4, -0.2) is 23.0 Å². The molecule has 0 bridgehead atoms. The molecule has 1 rings (SSSR count). The van der Waals surface area contributed by atoms with Gasteiger partial charge in [0.2, 0.25) is 5.91 Å². The molecule has 1 aromatic rings. The van der Waals surface area contributed by atoms with Gasteiger partial charge in [-0.05, 0) is 25.0 Å². The largest absolute Gasteiger partial charge is 0.508 e. The van der Waals surface area contributed by atoms with E-state index in [1.807, 2.05) is 0 Å². The lowest BCUT2D eigenvalue weighted by Gasteiger charge is -2.19. The van der Waals surface area contributed by atoms with E-state index in [1.165, 1.54) is 6.07 Å². The average Bonchev–Trinajstić information content (AvgIpc) is 2.28. The summed E-state index contributed by atoms with van der Waals surface area (Å²) in [6.45, 7) is 5.23. The van der Waals surface area contributed by atoms with Crippen molar-refractivity contribution >= 4 is 11.8 Å². The minimum atomic E-state index is -0.723. The first-order valence-electron chi connectivity index (χ1n) is 5.73. The zero-order chi connectivity index (χ0) is 13.9. The van der Waals surface area contributed by atoms with Crippen LogP contribution >= 0.6 is 0 Å². The van der Waals surface area contributed by atoms with Crippen molar-refractivity contribution in [1.82, 2.24) is 5.32 Å². The summed E-state index contributed by atoms with van der Waals surface area (Å²) in [6, 6.07) is 3.94. The molecule has 5 heteroatoms. The number of hydrogen-bond donors (Lipinski definition) is 3. The molecule has 0 saturated heterocycles. The first kappa shape index (κ1) is 14.0. The number of rotatable bonds is 4. The first-order chi connectivity index (χ1) is 8.34. The molecule has 0 aliphatic heterocycles. The van der Waals surface area contributed by atoms with Crippen LogP contribution in [0.4, 0.5) is 0 Å². The number of carbonyl (C=O) groups excluding carboxylic acids is 2. The minimum Gasteiger partial charge on any atom is -0.508 e. The van der Waals surface area contributed by atoms with Gasteiger partial charge in [-0.25, -0.2) is 0 Å². The molecule has 0 heterocycles. The van der Waals surface area contributed by atoms with E-state index in [4.69, 9.17) is 5.73 Å². The molecule has 2 amide bonds.